The Kier molecular flexibility index (Phi) is 19.6. The number of methoxy groups -OCH3 is 3. The average molecular weight is 1150 g/mol. The van der Waals surface area contributed by atoms with Crippen molar-refractivity contribution in [2.75, 3.05) is 27.9 Å². The van der Waals surface area contributed by atoms with E-state index < -0.39 is 170 Å². The molecule has 4 unspecified atom stereocenters. The van der Waals surface area contributed by atoms with Crippen LogP contribution in [0, 0.1) is 34.5 Å². The van der Waals surface area contributed by atoms with Gasteiger partial charge in [0.15, 0.2) is 25.2 Å². The zero-order valence-corrected chi connectivity index (χ0v) is 48.3. The highest BCUT2D eigenvalue weighted by molar-refractivity contribution is 5.87. The molecule has 4 saturated heterocycles. The molecular formula is C59H88O22. The molecule has 81 heavy (non-hydrogen) atoms. The van der Waals surface area contributed by atoms with Gasteiger partial charge in [-0.05, 0) is 102 Å². The summed E-state index contributed by atoms with van der Waals surface area (Å²) < 4.78 is 81.1. The molecule has 1 aromatic rings. The number of benzene rings is 1. The number of fused-ring (bicyclic) bond motifs is 5. The van der Waals surface area contributed by atoms with Crippen molar-refractivity contribution in [3.63, 3.8) is 0 Å². The van der Waals surface area contributed by atoms with Gasteiger partial charge in [-0.1, -0.05) is 44.2 Å². The normalized spacial score (nSPS) is 48.1. The Balaban J connectivity index is 0.831. The zero-order valence-electron chi connectivity index (χ0n) is 48.3. The van der Waals surface area contributed by atoms with E-state index in [4.69, 9.17) is 61.6 Å². The van der Waals surface area contributed by atoms with Crippen LogP contribution in [-0.2, 0) is 76.0 Å². The first kappa shape index (κ1) is 62.4. The van der Waals surface area contributed by atoms with E-state index in [1.54, 1.807) is 27.0 Å². The zero-order chi connectivity index (χ0) is 58.5. The first-order valence-corrected chi connectivity index (χ1v) is 29.0. The van der Waals surface area contributed by atoms with Gasteiger partial charge in [0.2, 0.25) is 0 Å². The predicted octanol–water partition coefficient (Wildman–Crippen LogP) is 2.89. The molecule has 4 heterocycles. The van der Waals surface area contributed by atoms with Crippen molar-refractivity contribution in [1.29, 1.82) is 0 Å². The number of esters is 2. The summed E-state index contributed by atoms with van der Waals surface area (Å²) in [7, 11) is 4.52. The smallest absolute Gasteiger partial charge is 0.331 e. The van der Waals surface area contributed by atoms with Crippen LogP contribution >= 0.6 is 0 Å². The van der Waals surface area contributed by atoms with E-state index in [0.717, 1.165) is 12.0 Å². The second-order valence-electron chi connectivity index (χ2n) is 24.5. The lowest BCUT2D eigenvalue weighted by molar-refractivity contribution is -0.373. The fourth-order valence-electron chi connectivity index (χ4n) is 15.8. The molecule has 0 spiro atoms. The first-order chi connectivity index (χ1) is 38.5. The Morgan fingerprint density at radius 2 is 1.27 bits per heavy atom. The van der Waals surface area contributed by atoms with Gasteiger partial charge in [-0.2, -0.15) is 0 Å². The van der Waals surface area contributed by atoms with Crippen molar-refractivity contribution in [2.24, 2.45) is 34.5 Å². The summed E-state index contributed by atoms with van der Waals surface area (Å²) in [4.78, 5) is 40.5. The number of hydrogen-bond acceptors (Lipinski definition) is 22. The Bertz CT molecular complexity index is 2330. The molecule has 22 nitrogen and oxygen atoms in total. The maximum absolute atomic E-state index is 14.0. The van der Waals surface area contributed by atoms with Crippen LogP contribution in [0.4, 0.5) is 0 Å². The lowest BCUT2D eigenvalue weighted by Gasteiger charge is -2.66. The quantitative estimate of drug-likeness (QED) is 0.0743. The van der Waals surface area contributed by atoms with Crippen LogP contribution in [-0.4, -0.2) is 211 Å². The summed E-state index contributed by atoms with van der Waals surface area (Å²) in [5, 5.41) is 65.6. The van der Waals surface area contributed by atoms with Crippen LogP contribution in [0.25, 0.3) is 6.08 Å². The number of carbonyl (C=O) groups excluding carboxylic acids is 3. The van der Waals surface area contributed by atoms with E-state index in [0.29, 0.717) is 44.9 Å². The maximum Gasteiger partial charge on any atom is 0.331 e. The summed E-state index contributed by atoms with van der Waals surface area (Å²) in [5.41, 5.74) is -2.25. The van der Waals surface area contributed by atoms with Crippen LogP contribution in [0.1, 0.15) is 112 Å². The molecule has 0 radical (unpaired) electrons. The maximum atomic E-state index is 14.0. The molecule has 0 amide bonds. The molecule has 1 aromatic carbocycles. The lowest BCUT2D eigenvalue weighted by atomic mass is 9.41. The highest BCUT2D eigenvalue weighted by Gasteiger charge is 2.76. The van der Waals surface area contributed by atoms with Crippen molar-refractivity contribution in [1.82, 2.24) is 0 Å². The minimum absolute atomic E-state index is 0.0746. The molecule has 0 aromatic heterocycles. The van der Waals surface area contributed by atoms with Crippen LogP contribution in [0.2, 0.25) is 0 Å². The second-order valence-corrected chi connectivity index (χ2v) is 24.5. The molecular weight excluding hydrogens is 1060 g/mol. The van der Waals surface area contributed by atoms with Crippen molar-refractivity contribution >= 4 is 23.8 Å². The third-order valence-corrected chi connectivity index (χ3v) is 20.0. The van der Waals surface area contributed by atoms with E-state index in [9.17, 15) is 45.0 Å². The van der Waals surface area contributed by atoms with Crippen molar-refractivity contribution in [2.45, 2.75) is 241 Å². The van der Waals surface area contributed by atoms with Gasteiger partial charge in [0.25, 0.3) is 0 Å². The largest absolute Gasteiger partial charge is 0.458 e. The summed E-state index contributed by atoms with van der Waals surface area (Å²) in [6.07, 6.45) is -12.6. The molecule has 22 heteroatoms. The fourth-order valence-corrected chi connectivity index (χ4v) is 15.8. The fraction of sp³-hybridized carbons (Fsp3) is 0.814. The molecule has 28 atom stereocenters. The van der Waals surface area contributed by atoms with Crippen LogP contribution in [0.15, 0.2) is 36.4 Å². The number of carbonyl (C=O) groups is 3. The number of Topliss-reactive ketones (excluding diaryl/α,β-unsaturated/α-hetero) is 1. The molecule has 8 aliphatic rings. The second kappa shape index (κ2) is 25.5. The number of aliphatic hydroxyl groups is 6. The topological polar surface area (TPSA) is 293 Å². The van der Waals surface area contributed by atoms with E-state index in [1.165, 1.54) is 34.1 Å². The lowest BCUT2D eigenvalue weighted by Crippen LogP contribution is -2.73. The summed E-state index contributed by atoms with van der Waals surface area (Å²) in [6, 6.07) is 9.39. The number of aliphatic hydroxyl groups excluding tert-OH is 5. The monoisotopic (exact) mass is 1150 g/mol. The SMILES string of the molecule is CO[C@H]1[C@@H](O)[C@H](O[C@@H]2[C@@H](C)O[C@@H](O[C@H]3[C@@H](OC)C[C@H](OC4CC[C@@]5(C)C(CC[C@@H]6C5C(OC(=O)/C=C/c5ccccc5)[C@@H](OC(C)=O)[C@]5(C)[C@@H](C(C)=O)CC[C@]65O)C4)O[C@@H]3C)C[C@H]2OC)O[C@H](C)[C@H]1O[C@@H]1O[C@H](CO)[C@@H](O)[C@H](O)[C@H]1O. The number of rotatable bonds is 17. The third kappa shape index (κ3) is 12.0. The molecule has 6 N–H and O–H groups in total. The van der Waals surface area contributed by atoms with Crippen LogP contribution in [0.5, 0.6) is 0 Å². The van der Waals surface area contributed by atoms with Gasteiger partial charge in [0, 0.05) is 64.4 Å². The molecule has 4 aliphatic carbocycles. The van der Waals surface area contributed by atoms with Crippen molar-refractivity contribution in [3.8, 4) is 0 Å². The standard InChI is InChI=1S/C59H88O22/c1-28(61)36-21-23-59(68)37-18-17-34-24-35(20-22-57(34,6)44(37)52(54(58(36,59)7)75-32(5)62)78-41(63)19-16-33-14-12-11-13-15-33)76-42-25-38(69-8)49(29(2)72-42)79-43-26-39(70-9)50(30(3)73-43)80-56-48(67)53(71-10)51(31(4)74-56)81-55-47(66)46(65)45(64)40(27-60)77-55/h11-16,19,29-31,34-40,42-56,60,64-68H,17-18,20-27H2,1-10H3/b19-16+/t29-,30-,31-,34?,35?,36-,37-,38+,39-,40-,42+,43+,44?,45-,46+,47-,48-,49-,50-,51-,52?,53+,54-,55+,56+,57+,58+,59+/m1/s1. The van der Waals surface area contributed by atoms with Crippen LogP contribution in [0.3, 0.4) is 0 Å². The Hall–Kier alpha value is -3.11. The Labute approximate surface area is 474 Å². The molecule has 4 aliphatic heterocycles. The Morgan fingerprint density at radius 3 is 1.89 bits per heavy atom. The Morgan fingerprint density at radius 1 is 0.654 bits per heavy atom. The first-order valence-electron chi connectivity index (χ1n) is 29.0. The minimum atomic E-state index is -1.68. The van der Waals surface area contributed by atoms with Gasteiger partial charge in [-0.25, -0.2) is 4.79 Å². The van der Waals surface area contributed by atoms with Gasteiger partial charge in [0.05, 0.1) is 48.8 Å². The van der Waals surface area contributed by atoms with Gasteiger partial charge < -0.3 is 92.2 Å². The van der Waals surface area contributed by atoms with E-state index in [-0.39, 0.29) is 30.1 Å². The summed E-state index contributed by atoms with van der Waals surface area (Å²) in [6.45, 7) is 11.6. The number of ketones is 1. The third-order valence-electron chi connectivity index (χ3n) is 20.0. The van der Waals surface area contributed by atoms with Gasteiger partial charge in [-0.3, -0.25) is 9.59 Å². The molecule has 8 fully saturated rings. The van der Waals surface area contributed by atoms with E-state index in [1.807, 2.05) is 44.2 Å². The summed E-state index contributed by atoms with van der Waals surface area (Å²) >= 11 is 0. The molecule has 456 valence electrons. The number of ether oxygens (including phenoxy) is 13. The van der Waals surface area contributed by atoms with E-state index >= 15 is 0 Å². The number of hydrogen-bond donors (Lipinski definition) is 6. The molecule has 4 saturated carbocycles. The van der Waals surface area contributed by atoms with Gasteiger partial charge in [-0.15, -0.1) is 0 Å². The average Bonchev–Trinajstić information content (AvgIpc) is 2.77. The van der Waals surface area contributed by atoms with Crippen LogP contribution < -0.4 is 0 Å². The van der Waals surface area contributed by atoms with E-state index in [2.05, 4.69) is 6.92 Å². The highest BCUT2D eigenvalue weighted by atomic mass is 16.8. The summed E-state index contributed by atoms with van der Waals surface area (Å²) in [5.74, 6) is -2.57. The predicted molar refractivity (Wildman–Crippen MR) is 283 cm³/mol. The van der Waals surface area contributed by atoms with Gasteiger partial charge >= 0.3 is 11.9 Å². The molecule has 9 rings (SSSR count). The highest BCUT2D eigenvalue weighted by Crippen LogP contribution is 2.70. The van der Waals surface area contributed by atoms with Crippen molar-refractivity contribution < 1.29 is 107 Å². The minimum Gasteiger partial charge on any atom is -0.458 e. The molecule has 0 bridgehead atoms. The van der Waals surface area contributed by atoms with Crippen molar-refractivity contribution in [3.05, 3.63) is 42.0 Å². The van der Waals surface area contributed by atoms with Gasteiger partial charge in [0.1, 0.15) is 72.9 Å².